The van der Waals surface area contributed by atoms with Crippen LogP contribution in [0.3, 0.4) is 0 Å². The molecule has 3 amide bonds. The van der Waals surface area contributed by atoms with Crippen LogP contribution >= 0.6 is 0 Å². The predicted molar refractivity (Wildman–Crippen MR) is 111 cm³/mol. The highest BCUT2D eigenvalue weighted by atomic mass is 16.2. The molecular formula is C19H26N8O5. The molecular weight excluding hydrogens is 420 g/mol. The van der Waals surface area contributed by atoms with E-state index < -0.39 is 18.0 Å². The minimum absolute atomic E-state index is 0.212. The van der Waals surface area contributed by atoms with Crippen molar-refractivity contribution in [3.63, 3.8) is 0 Å². The summed E-state index contributed by atoms with van der Waals surface area (Å²) < 4.78 is 5.18. The van der Waals surface area contributed by atoms with Gasteiger partial charge in [-0.3, -0.25) is 28.8 Å². The lowest BCUT2D eigenvalue weighted by Gasteiger charge is -2.22. The first-order valence-corrected chi connectivity index (χ1v) is 10.1. The Morgan fingerprint density at radius 2 is 1.22 bits per heavy atom. The van der Waals surface area contributed by atoms with Crippen LogP contribution in [-0.2, 0) is 28.5 Å². The Kier molecular flexibility index (Phi) is 6.27. The number of carbonyl (C=O) groups is 3. The monoisotopic (exact) mass is 446 g/mol. The van der Waals surface area contributed by atoms with Crippen LogP contribution in [-0.4, -0.2) is 46.4 Å². The molecule has 4 heterocycles. The third-order valence-corrected chi connectivity index (χ3v) is 5.56. The van der Waals surface area contributed by atoms with Gasteiger partial charge in [0.25, 0.3) is 5.91 Å². The predicted octanol–water partition coefficient (Wildman–Crippen LogP) is -1.28. The third-order valence-electron chi connectivity index (χ3n) is 5.56. The number of piperidine rings is 2. The largest absolute Gasteiger partial charge is 0.346 e. The first kappa shape index (κ1) is 22.9. The maximum absolute atomic E-state index is 11.8. The van der Waals surface area contributed by atoms with Gasteiger partial charge in [0.2, 0.25) is 11.8 Å². The summed E-state index contributed by atoms with van der Waals surface area (Å²) in [6, 6.07) is -1.19. The molecule has 0 aromatic carbocycles. The van der Waals surface area contributed by atoms with Crippen molar-refractivity contribution in [2.24, 2.45) is 14.1 Å². The normalized spacial score (nSPS) is 21.0. The third kappa shape index (κ3) is 4.31. The lowest BCUT2D eigenvalue weighted by Crippen LogP contribution is -2.44. The molecule has 2 aliphatic heterocycles. The van der Waals surface area contributed by atoms with Gasteiger partial charge < -0.3 is 5.32 Å². The summed E-state index contributed by atoms with van der Waals surface area (Å²) >= 11 is 0. The first-order chi connectivity index (χ1) is 15.0. The summed E-state index contributed by atoms with van der Waals surface area (Å²) in [4.78, 5) is 57.7. The van der Waals surface area contributed by atoms with Gasteiger partial charge >= 0.3 is 11.4 Å². The number of hydrogen-bond acceptors (Lipinski definition) is 7. The van der Waals surface area contributed by atoms with Gasteiger partial charge in [0.15, 0.2) is 0 Å². The zero-order valence-electron chi connectivity index (χ0n) is 18.4. The highest BCUT2D eigenvalue weighted by molar-refractivity contribution is 5.99. The molecule has 13 nitrogen and oxygen atoms in total. The van der Waals surface area contributed by atoms with E-state index in [0.29, 0.717) is 36.6 Å². The van der Waals surface area contributed by atoms with Crippen LogP contribution in [0.4, 0.5) is 0 Å². The van der Waals surface area contributed by atoms with Gasteiger partial charge in [0.05, 0.1) is 0 Å². The molecule has 172 valence electrons. The van der Waals surface area contributed by atoms with Crippen LogP contribution in [0.15, 0.2) is 21.9 Å². The van der Waals surface area contributed by atoms with Crippen LogP contribution < -0.4 is 22.0 Å². The molecule has 4 rings (SSSR count). The van der Waals surface area contributed by atoms with Crippen LogP contribution in [0.5, 0.6) is 0 Å². The van der Waals surface area contributed by atoms with Gasteiger partial charge in [-0.25, -0.2) is 19.0 Å². The summed E-state index contributed by atoms with van der Waals surface area (Å²) in [5.74, 6) is 0.159. The van der Waals surface area contributed by atoms with Gasteiger partial charge in [0.1, 0.15) is 23.7 Å². The van der Waals surface area contributed by atoms with Crippen molar-refractivity contribution >= 4 is 17.7 Å². The van der Waals surface area contributed by atoms with E-state index >= 15 is 0 Å². The van der Waals surface area contributed by atoms with Crippen LogP contribution in [0.2, 0.25) is 0 Å². The molecule has 0 radical (unpaired) electrons. The number of carbonyl (C=O) groups excluding carboxylic acids is 3. The quantitative estimate of drug-likeness (QED) is 0.545. The summed E-state index contributed by atoms with van der Waals surface area (Å²) in [7, 11) is 3.23. The van der Waals surface area contributed by atoms with Crippen molar-refractivity contribution in [2.75, 3.05) is 0 Å². The molecule has 0 aliphatic carbocycles. The van der Waals surface area contributed by atoms with Crippen LogP contribution in [0, 0.1) is 13.8 Å². The van der Waals surface area contributed by atoms with Gasteiger partial charge in [-0.2, -0.15) is 10.2 Å². The minimum Gasteiger partial charge on any atom is -0.329 e. The van der Waals surface area contributed by atoms with Crippen molar-refractivity contribution in [3.05, 3.63) is 44.9 Å². The summed E-state index contributed by atoms with van der Waals surface area (Å²) in [6.07, 6.45) is 1.80. The highest BCUT2D eigenvalue weighted by Crippen LogP contribution is 2.19. The zero-order valence-corrected chi connectivity index (χ0v) is 18.4. The second-order valence-electron chi connectivity index (χ2n) is 7.78. The van der Waals surface area contributed by atoms with E-state index in [0.717, 1.165) is 4.68 Å². The lowest BCUT2D eigenvalue weighted by atomic mass is 10.1. The maximum Gasteiger partial charge on any atom is 0.346 e. The van der Waals surface area contributed by atoms with Gasteiger partial charge in [-0.05, 0) is 33.1 Å². The smallest absolute Gasteiger partial charge is 0.329 e. The Morgan fingerprint density at radius 1 is 0.781 bits per heavy atom. The number of nitrogens with zero attached hydrogens (tertiary/aromatic N) is 6. The van der Waals surface area contributed by atoms with E-state index in [4.69, 9.17) is 0 Å². The molecule has 2 N–H and O–H groups in total. The van der Waals surface area contributed by atoms with Crippen molar-refractivity contribution in [1.82, 2.24) is 39.3 Å². The van der Waals surface area contributed by atoms with Crippen LogP contribution in [0.1, 0.15) is 49.4 Å². The Labute approximate surface area is 182 Å². The highest BCUT2D eigenvalue weighted by Gasteiger charge is 2.31. The van der Waals surface area contributed by atoms with Crippen molar-refractivity contribution in [3.8, 4) is 0 Å². The van der Waals surface area contributed by atoms with E-state index in [1.807, 2.05) is 0 Å². The first-order valence-electron chi connectivity index (χ1n) is 10.1. The average Bonchev–Trinajstić information content (AvgIpc) is 3.13. The summed E-state index contributed by atoms with van der Waals surface area (Å²) in [6.45, 7) is 7.11. The van der Waals surface area contributed by atoms with E-state index in [-0.39, 0.29) is 29.6 Å². The van der Waals surface area contributed by atoms with E-state index in [2.05, 4.69) is 27.4 Å². The van der Waals surface area contributed by atoms with Crippen molar-refractivity contribution in [1.29, 1.82) is 0 Å². The molecule has 2 saturated heterocycles. The standard InChI is InChI=1S/C10H14N4O2.C9H12N4O3/c1-6-4-5-8(9(15)11-6)14-10(16)13(3)7(2)12-14;1-5-11-13(9(16)12(5)2)6-3-4-7(14)10-8(6)15/h8H,1,4-5H2,2-3H3,(H,11,15);6H,3-4H2,1-2H3,(H,10,14,15). The molecule has 2 fully saturated rings. The van der Waals surface area contributed by atoms with E-state index in [1.165, 1.54) is 13.8 Å². The molecule has 32 heavy (non-hydrogen) atoms. The lowest BCUT2D eigenvalue weighted by molar-refractivity contribution is -0.136. The van der Waals surface area contributed by atoms with E-state index in [9.17, 15) is 24.0 Å². The Morgan fingerprint density at radius 3 is 1.59 bits per heavy atom. The number of hydrogen-bond donors (Lipinski definition) is 2. The molecule has 0 spiro atoms. The minimum atomic E-state index is -0.676. The molecule has 0 bridgehead atoms. The summed E-state index contributed by atoms with van der Waals surface area (Å²) in [5.41, 5.74) is 0.0964. The number of allylic oxidation sites excluding steroid dienone is 1. The fourth-order valence-corrected chi connectivity index (χ4v) is 3.43. The Hall–Kier alpha value is -3.77. The number of aromatic nitrogens is 6. The number of imide groups is 1. The van der Waals surface area contributed by atoms with Gasteiger partial charge in [0, 0.05) is 26.2 Å². The molecule has 2 atom stereocenters. The molecule has 2 aromatic heterocycles. The zero-order chi connectivity index (χ0) is 23.7. The molecule has 2 aromatic rings. The van der Waals surface area contributed by atoms with Crippen molar-refractivity contribution in [2.45, 2.75) is 51.6 Å². The number of amides is 3. The molecule has 2 aliphatic rings. The maximum atomic E-state index is 11.8. The Bertz CT molecular complexity index is 1120. The number of rotatable bonds is 2. The average molecular weight is 446 g/mol. The second-order valence-corrected chi connectivity index (χ2v) is 7.78. The summed E-state index contributed by atoms with van der Waals surface area (Å²) in [5, 5.41) is 12.9. The molecule has 2 unspecified atom stereocenters. The molecule has 0 saturated carbocycles. The fraction of sp³-hybridized carbons (Fsp3) is 0.526. The van der Waals surface area contributed by atoms with Gasteiger partial charge in [-0.1, -0.05) is 6.58 Å². The number of aryl methyl sites for hydroxylation is 2. The topological polar surface area (TPSA) is 155 Å². The SMILES string of the molecule is C=C1CCC(n2nc(C)n(C)c2=O)C(=O)N1.Cc1nn(C2CCC(=O)NC2=O)c(=O)n1C. The number of nitrogens with one attached hydrogen (secondary N) is 2. The van der Waals surface area contributed by atoms with E-state index in [1.54, 1.807) is 27.9 Å². The van der Waals surface area contributed by atoms with Gasteiger partial charge in [-0.15, -0.1) is 0 Å². The fourth-order valence-electron chi connectivity index (χ4n) is 3.43. The Balaban J connectivity index is 0.000000181. The van der Waals surface area contributed by atoms with Crippen molar-refractivity contribution < 1.29 is 14.4 Å². The second kappa shape index (κ2) is 8.77. The molecule has 13 heteroatoms. The van der Waals surface area contributed by atoms with Crippen LogP contribution in [0.25, 0.3) is 0 Å².